The number of rotatable bonds is 4. The molecule has 3 aromatic rings. The maximum Gasteiger partial charge on any atom is 0.132 e. The van der Waals surface area contributed by atoms with Crippen molar-refractivity contribution >= 4 is 45.5 Å². The molecule has 140 valence electrons. The molecule has 1 aliphatic heterocycles. The molecule has 0 saturated carbocycles. The van der Waals surface area contributed by atoms with Crippen molar-refractivity contribution in [3.05, 3.63) is 35.2 Å². The molecule has 1 fully saturated rings. The van der Waals surface area contributed by atoms with E-state index in [2.05, 4.69) is 31.6 Å². The summed E-state index contributed by atoms with van der Waals surface area (Å²) in [6.45, 7) is 4.33. The molecule has 0 spiro atoms. The average Bonchev–Trinajstić information content (AvgIpc) is 3.24. The second-order valence-electron chi connectivity index (χ2n) is 7.00. The zero-order chi connectivity index (χ0) is 19.0. The number of hydrogen-bond donors (Lipinski definition) is 1. The lowest BCUT2D eigenvalue weighted by Crippen LogP contribution is -2.18. The van der Waals surface area contributed by atoms with Crippen LogP contribution in [0.4, 0.5) is 0 Å². The Hall–Kier alpha value is -2.51. The van der Waals surface area contributed by atoms with Crippen molar-refractivity contribution in [3.8, 4) is 0 Å². The number of pyridine rings is 1. The first-order chi connectivity index (χ1) is 13.1. The third-order valence-electron chi connectivity index (χ3n) is 5.00. The van der Waals surface area contributed by atoms with Crippen LogP contribution in [0.3, 0.4) is 0 Å². The molecule has 1 saturated heterocycles. The molecular weight excluding hydrogens is 362 g/mol. The van der Waals surface area contributed by atoms with Crippen molar-refractivity contribution in [2.45, 2.75) is 25.9 Å². The molecule has 0 radical (unpaired) electrons. The van der Waals surface area contributed by atoms with Gasteiger partial charge in [-0.15, -0.1) is 0 Å². The van der Waals surface area contributed by atoms with Crippen molar-refractivity contribution < 1.29 is 0 Å². The highest BCUT2D eigenvalue weighted by Crippen LogP contribution is 2.32. The van der Waals surface area contributed by atoms with Crippen molar-refractivity contribution in [2.24, 2.45) is 15.9 Å². The lowest BCUT2D eigenvalue weighted by Gasteiger charge is -2.17. The Balaban J connectivity index is 1.90. The van der Waals surface area contributed by atoms with Gasteiger partial charge in [0.1, 0.15) is 11.3 Å². The number of likely N-dealkylation sites (N-methyl/N-ethyl adjacent to an activating group) is 1. The quantitative estimate of drug-likeness (QED) is 0.426. The molecule has 0 amide bonds. The van der Waals surface area contributed by atoms with Crippen LogP contribution in [-0.2, 0) is 6.54 Å². The van der Waals surface area contributed by atoms with Crippen LogP contribution in [0, 0.1) is 0 Å². The Morgan fingerprint density at radius 1 is 1.41 bits per heavy atom. The van der Waals surface area contributed by atoms with Crippen LogP contribution in [0.15, 0.2) is 34.5 Å². The molecule has 0 aliphatic carbocycles. The van der Waals surface area contributed by atoms with Crippen LogP contribution in [0.1, 0.15) is 25.2 Å². The van der Waals surface area contributed by atoms with Crippen LogP contribution >= 0.6 is 11.6 Å². The highest BCUT2D eigenvalue weighted by molar-refractivity contribution is 6.31. The van der Waals surface area contributed by atoms with Gasteiger partial charge in [0, 0.05) is 29.2 Å². The monoisotopic (exact) mass is 383 g/mol. The molecule has 0 bridgehead atoms. The van der Waals surface area contributed by atoms with Gasteiger partial charge in [-0.1, -0.05) is 11.6 Å². The summed E-state index contributed by atoms with van der Waals surface area (Å²) >= 11 is 6.28. The van der Waals surface area contributed by atoms with Gasteiger partial charge in [0.05, 0.1) is 29.5 Å². The fraction of sp³-hybridized carbons (Fsp3) is 0.368. The summed E-state index contributed by atoms with van der Waals surface area (Å²) in [5.74, 6) is 6.20. The summed E-state index contributed by atoms with van der Waals surface area (Å²) in [4.78, 5) is 16.2. The Morgan fingerprint density at radius 2 is 2.26 bits per heavy atom. The van der Waals surface area contributed by atoms with Gasteiger partial charge in [0.25, 0.3) is 0 Å². The van der Waals surface area contributed by atoms with Gasteiger partial charge >= 0.3 is 0 Å². The van der Waals surface area contributed by atoms with Gasteiger partial charge < -0.3 is 15.3 Å². The Morgan fingerprint density at radius 3 is 3.00 bits per heavy atom. The van der Waals surface area contributed by atoms with E-state index in [4.69, 9.17) is 22.4 Å². The van der Waals surface area contributed by atoms with E-state index in [1.165, 1.54) is 0 Å². The first kappa shape index (κ1) is 17.9. The van der Waals surface area contributed by atoms with Gasteiger partial charge in [-0.25, -0.2) is 4.98 Å². The molecule has 7 nitrogen and oxygen atoms in total. The predicted molar refractivity (Wildman–Crippen MR) is 111 cm³/mol. The number of nitrogens with zero attached hydrogens (tertiary/aromatic N) is 6. The van der Waals surface area contributed by atoms with Gasteiger partial charge in [0.2, 0.25) is 0 Å². The maximum atomic E-state index is 6.28. The zero-order valence-corrected chi connectivity index (χ0v) is 16.2. The third kappa shape index (κ3) is 3.40. The molecule has 8 heteroatoms. The summed E-state index contributed by atoms with van der Waals surface area (Å²) in [7, 11) is 2.15. The first-order valence-electron chi connectivity index (χ1n) is 8.94. The van der Waals surface area contributed by atoms with E-state index < -0.39 is 0 Å². The zero-order valence-electron chi connectivity index (χ0n) is 15.4. The molecule has 2 aromatic heterocycles. The largest absolute Gasteiger partial charge is 0.323 e. The van der Waals surface area contributed by atoms with E-state index >= 15 is 0 Å². The summed E-state index contributed by atoms with van der Waals surface area (Å²) < 4.78 is 2.32. The highest BCUT2D eigenvalue weighted by atomic mass is 35.5. The lowest BCUT2D eigenvalue weighted by atomic mass is 10.1. The highest BCUT2D eigenvalue weighted by Gasteiger charge is 2.26. The smallest absolute Gasteiger partial charge is 0.132 e. The fourth-order valence-electron chi connectivity index (χ4n) is 3.72. The molecule has 0 unspecified atom stereocenters. The minimum Gasteiger partial charge on any atom is -0.323 e. The first-order valence-corrected chi connectivity index (χ1v) is 9.32. The summed E-state index contributed by atoms with van der Waals surface area (Å²) in [6, 6.07) is 6.14. The van der Waals surface area contributed by atoms with Crippen molar-refractivity contribution in [1.82, 2.24) is 19.4 Å². The molecular formula is C19H22ClN7. The number of hydrogen-bond acceptors (Lipinski definition) is 6. The van der Waals surface area contributed by atoms with Gasteiger partial charge in [-0.05, 0) is 45.1 Å². The number of halogens is 1. The predicted octanol–water partition coefficient (Wildman–Crippen LogP) is 3.02. The third-order valence-corrected chi connectivity index (χ3v) is 5.23. The van der Waals surface area contributed by atoms with E-state index in [-0.39, 0.29) is 0 Å². The number of aromatic nitrogens is 3. The van der Waals surface area contributed by atoms with E-state index in [9.17, 15) is 0 Å². The molecule has 1 aromatic carbocycles. The van der Waals surface area contributed by atoms with Crippen LogP contribution < -0.4 is 5.84 Å². The van der Waals surface area contributed by atoms with Crippen molar-refractivity contribution in [2.75, 3.05) is 20.1 Å². The Kier molecular flexibility index (Phi) is 4.80. The maximum absolute atomic E-state index is 6.28. The SMILES string of the molecule is CC(C=NCc1nc2cnc3ccc(Cl)cc3c2n1[C@@H]1CCN(C)C1)=NN. The van der Waals surface area contributed by atoms with Crippen LogP contribution in [-0.4, -0.2) is 51.5 Å². The number of nitrogens with two attached hydrogens (primary N) is 1. The number of imidazole rings is 1. The molecule has 3 heterocycles. The molecule has 1 aliphatic rings. The minimum absolute atomic E-state index is 0.346. The van der Waals surface area contributed by atoms with E-state index in [1.807, 2.05) is 31.3 Å². The fourth-order valence-corrected chi connectivity index (χ4v) is 3.89. The van der Waals surface area contributed by atoms with Crippen LogP contribution in [0.25, 0.3) is 21.9 Å². The average molecular weight is 384 g/mol. The number of fused-ring (bicyclic) bond motifs is 3. The van der Waals surface area contributed by atoms with E-state index in [0.717, 1.165) is 47.3 Å². The van der Waals surface area contributed by atoms with Gasteiger partial charge in [0.15, 0.2) is 0 Å². The molecule has 4 rings (SSSR count). The van der Waals surface area contributed by atoms with Crippen molar-refractivity contribution in [3.63, 3.8) is 0 Å². The van der Waals surface area contributed by atoms with Gasteiger partial charge in [-0.2, -0.15) is 5.10 Å². The summed E-state index contributed by atoms with van der Waals surface area (Å²) in [5, 5.41) is 5.35. The Bertz CT molecular complexity index is 1050. The number of hydrazone groups is 1. The van der Waals surface area contributed by atoms with Crippen molar-refractivity contribution in [1.29, 1.82) is 0 Å². The second-order valence-corrected chi connectivity index (χ2v) is 7.43. The van der Waals surface area contributed by atoms with Gasteiger partial charge in [-0.3, -0.25) is 9.98 Å². The summed E-state index contributed by atoms with van der Waals surface area (Å²) in [6.07, 6.45) is 4.59. The van der Waals surface area contributed by atoms with E-state index in [0.29, 0.717) is 23.3 Å². The minimum atomic E-state index is 0.346. The number of likely N-dealkylation sites (tertiary alicyclic amines) is 1. The number of aliphatic imine (C=N–C) groups is 1. The molecule has 1 atom stereocenters. The van der Waals surface area contributed by atoms with Crippen LogP contribution in [0.2, 0.25) is 5.02 Å². The topological polar surface area (TPSA) is 84.7 Å². The number of benzene rings is 1. The molecule has 27 heavy (non-hydrogen) atoms. The standard InChI is InChI=1S/C19H22ClN7/c1-12(25-21)8-22-10-18-24-17-9-23-16-4-3-13(20)7-15(16)19(17)27(18)14-5-6-26(2)11-14/h3-4,7-9,14H,5-6,10-11,21H2,1-2H3/t14-/m1/s1. The van der Waals surface area contributed by atoms with E-state index in [1.54, 1.807) is 6.21 Å². The Labute approximate surface area is 162 Å². The molecule has 2 N–H and O–H groups in total. The van der Waals surface area contributed by atoms with Crippen LogP contribution in [0.5, 0.6) is 0 Å². The summed E-state index contributed by atoms with van der Waals surface area (Å²) in [5.41, 5.74) is 3.55. The lowest BCUT2D eigenvalue weighted by molar-refractivity contribution is 0.392. The normalized spacial score (nSPS) is 19.1. The second kappa shape index (κ2) is 7.25.